The number of nitrogens with zero attached hydrogens (tertiary/aromatic N) is 2. The van der Waals surface area contributed by atoms with Crippen molar-refractivity contribution in [2.24, 2.45) is 0 Å². The number of aromatic hydroxyl groups is 1. The van der Waals surface area contributed by atoms with E-state index in [2.05, 4.69) is 4.98 Å². The average molecular weight is 340 g/mol. The number of hydrogen-bond donors (Lipinski definition) is 2. The van der Waals surface area contributed by atoms with E-state index in [0.29, 0.717) is 11.3 Å². The van der Waals surface area contributed by atoms with Crippen molar-refractivity contribution < 1.29 is 15.0 Å². The fourth-order valence-corrected chi connectivity index (χ4v) is 3.45. The lowest BCUT2D eigenvalue weighted by atomic mass is 9.95. The number of carbonyl (C=O) groups excluding carboxylic acids is 1. The summed E-state index contributed by atoms with van der Waals surface area (Å²) in [5, 5.41) is 18.9. The number of pyridine rings is 1. The Hall–Kier alpha value is -2.40. The van der Waals surface area contributed by atoms with Crippen LogP contribution in [0.5, 0.6) is 5.75 Å². The van der Waals surface area contributed by atoms with E-state index in [1.165, 1.54) is 0 Å². The highest BCUT2D eigenvalue weighted by molar-refractivity contribution is 5.92. The molecule has 0 radical (unpaired) electrons. The molecule has 0 saturated carbocycles. The zero-order valence-electron chi connectivity index (χ0n) is 14.3. The number of aliphatic hydroxyl groups excluding tert-OH is 1. The van der Waals surface area contributed by atoms with Crippen molar-refractivity contribution >= 4 is 5.91 Å². The first-order valence-corrected chi connectivity index (χ1v) is 8.82. The van der Waals surface area contributed by atoms with Crippen LogP contribution in [0.1, 0.15) is 47.3 Å². The third-order valence-corrected chi connectivity index (χ3v) is 4.79. The molecule has 132 valence electrons. The van der Waals surface area contributed by atoms with Crippen LogP contribution in [-0.2, 0) is 13.0 Å². The predicted molar refractivity (Wildman–Crippen MR) is 95.3 cm³/mol. The zero-order valence-corrected chi connectivity index (χ0v) is 14.3. The van der Waals surface area contributed by atoms with E-state index in [1.807, 2.05) is 17.0 Å². The molecule has 0 spiro atoms. The molecule has 1 aliphatic rings. The quantitative estimate of drug-likeness (QED) is 0.878. The minimum atomic E-state index is -0.0935. The van der Waals surface area contributed by atoms with Crippen LogP contribution in [0.15, 0.2) is 42.6 Å². The van der Waals surface area contributed by atoms with Crippen LogP contribution >= 0.6 is 0 Å². The summed E-state index contributed by atoms with van der Waals surface area (Å²) in [7, 11) is 0. The number of rotatable bonds is 5. The van der Waals surface area contributed by atoms with Gasteiger partial charge in [0, 0.05) is 18.8 Å². The number of piperidine rings is 1. The molecule has 1 fully saturated rings. The lowest BCUT2D eigenvalue weighted by Crippen LogP contribution is -2.44. The maximum atomic E-state index is 12.9. The molecule has 1 aliphatic heterocycles. The van der Waals surface area contributed by atoms with Crippen molar-refractivity contribution in [1.82, 2.24) is 9.88 Å². The van der Waals surface area contributed by atoms with E-state index >= 15 is 0 Å². The maximum Gasteiger partial charge on any atom is 0.272 e. The number of amides is 1. The summed E-state index contributed by atoms with van der Waals surface area (Å²) < 4.78 is 0. The smallest absolute Gasteiger partial charge is 0.272 e. The number of benzene rings is 1. The fraction of sp³-hybridized carbons (Fsp3) is 0.400. The summed E-state index contributed by atoms with van der Waals surface area (Å²) in [6.07, 6.45) is 6.39. The summed E-state index contributed by atoms with van der Waals surface area (Å²) in [5.41, 5.74) is 2.18. The summed E-state index contributed by atoms with van der Waals surface area (Å²) in [6, 6.07) is 10.9. The van der Waals surface area contributed by atoms with Gasteiger partial charge in [0.25, 0.3) is 5.91 Å². The summed E-state index contributed by atoms with van der Waals surface area (Å²) in [5.74, 6) is 0.218. The Morgan fingerprint density at radius 1 is 1.20 bits per heavy atom. The molecule has 1 saturated heterocycles. The number of aliphatic hydroxyl groups is 1. The average Bonchev–Trinajstić information content (AvgIpc) is 2.66. The number of carbonyl (C=O) groups is 1. The fourth-order valence-electron chi connectivity index (χ4n) is 3.45. The summed E-state index contributed by atoms with van der Waals surface area (Å²) in [6.45, 7) is 0.651. The largest absolute Gasteiger partial charge is 0.508 e. The third kappa shape index (κ3) is 4.37. The number of aromatic nitrogens is 1. The Bertz CT molecular complexity index is 732. The van der Waals surface area contributed by atoms with E-state index in [0.717, 1.165) is 44.2 Å². The Morgan fingerprint density at radius 3 is 2.88 bits per heavy atom. The van der Waals surface area contributed by atoms with Gasteiger partial charge >= 0.3 is 0 Å². The molecule has 2 heterocycles. The lowest BCUT2D eigenvalue weighted by Gasteiger charge is -2.35. The molecule has 1 atom stereocenters. The first-order valence-electron chi connectivity index (χ1n) is 8.82. The predicted octanol–water partition coefficient (Wildman–Crippen LogP) is 2.91. The first-order chi connectivity index (χ1) is 12.2. The van der Waals surface area contributed by atoms with Crippen molar-refractivity contribution in [2.75, 3.05) is 6.54 Å². The van der Waals surface area contributed by atoms with Crippen LogP contribution in [0.4, 0.5) is 0 Å². The second-order valence-electron chi connectivity index (χ2n) is 6.56. The van der Waals surface area contributed by atoms with E-state index in [-0.39, 0.29) is 24.3 Å². The van der Waals surface area contributed by atoms with Gasteiger partial charge in [-0.2, -0.15) is 0 Å². The Morgan fingerprint density at radius 2 is 2.08 bits per heavy atom. The first kappa shape index (κ1) is 17.4. The van der Waals surface area contributed by atoms with Crippen molar-refractivity contribution in [1.29, 1.82) is 0 Å². The summed E-state index contributed by atoms with van der Waals surface area (Å²) >= 11 is 0. The van der Waals surface area contributed by atoms with Crippen molar-refractivity contribution in [3.8, 4) is 5.75 Å². The van der Waals surface area contributed by atoms with E-state index < -0.39 is 0 Å². The van der Waals surface area contributed by atoms with E-state index in [4.69, 9.17) is 0 Å². The molecule has 0 unspecified atom stereocenters. The minimum absolute atomic E-state index is 0.0593. The number of phenolic OH excluding ortho intramolecular Hbond substituents is 1. The summed E-state index contributed by atoms with van der Waals surface area (Å²) in [4.78, 5) is 19.0. The van der Waals surface area contributed by atoms with Crippen LogP contribution in [-0.4, -0.2) is 38.6 Å². The van der Waals surface area contributed by atoms with Gasteiger partial charge in [-0.05, 0) is 67.5 Å². The van der Waals surface area contributed by atoms with E-state index in [1.54, 1.807) is 30.5 Å². The number of hydrogen-bond acceptors (Lipinski definition) is 4. The standard InChI is InChI=1S/C20H24N2O3/c23-14-16-9-10-21-19(13-16)20(25)22-11-2-1-5-17(22)8-7-15-4-3-6-18(24)12-15/h3-4,6,9-10,12-13,17,23-24H,1-2,5,7-8,11,14H2/t17-/m1/s1. The topological polar surface area (TPSA) is 73.7 Å². The van der Waals surface area contributed by atoms with Crippen LogP contribution in [0.25, 0.3) is 0 Å². The third-order valence-electron chi connectivity index (χ3n) is 4.79. The number of likely N-dealkylation sites (tertiary alicyclic amines) is 1. The van der Waals surface area contributed by atoms with Crippen LogP contribution in [0.2, 0.25) is 0 Å². The molecular formula is C20H24N2O3. The van der Waals surface area contributed by atoms with Gasteiger partial charge in [0.2, 0.25) is 0 Å². The molecule has 1 aromatic heterocycles. The van der Waals surface area contributed by atoms with Gasteiger partial charge in [0.05, 0.1) is 6.61 Å². The van der Waals surface area contributed by atoms with Gasteiger partial charge < -0.3 is 15.1 Å². The van der Waals surface area contributed by atoms with Crippen molar-refractivity contribution in [3.63, 3.8) is 0 Å². The van der Waals surface area contributed by atoms with Crippen molar-refractivity contribution in [2.45, 2.75) is 44.8 Å². The molecule has 3 rings (SSSR count). The van der Waals surface area contributed by atoms with Gasteiger partial charge in [0.15, 0.2) is 0 Å². The van der Waals surface area contributed by atoms with Crippen LogP contribution in [0, 0.1) is 0 Å². The van der Waals surface area contributed by atoms with Gasteiger partial charge in [0.1, 0.15) is 11.4 Å². The highest BCUT2D eigenvalue weighted by atomic mass is 16.3. The molecule has 5 nitrogen and oxygen atoms in total. The molecular weight excluding hydrogens is 316 g/mol. The second kappa shape index (κ2) is 8.12. The van der Waals surface area contributed by atoms with Gasteiger partial charge in [-0.1, -0.05) is 12.1 Å². The van der Waals surface area contributed by atoms with Crippen LogP contribution < -0.4 is 0 Å². The monoisotopic (exact) mass is 340 g/mol. The van der Waals surface area contributed by atoms with Crippen LogP contribution in [0.3, 0.4) is 0 Å². The molecule has 1 aromatic carbocycles. The Kier molecular flexibility index (Phi) is 5.66. The SMILES string of the molecule is O=C(c1cc(CO)ccn1)N1CCCC[C@@H]1CCc1cccc(O)c1. The van der Waals surface area contributed by atoms with Crippen molar-refractivity contribution in [3.05, 3.63) is 59.4 Å². The number of aryl methyl sites for hydroxylation is 1. The van der Waals surface area contributed by atoms with E-state index in [9.17, 15) is 15.0 Å². The molecule has 0 bridgehead atoms. The molecule has 5 heteroatoms. The highest BCUT2D eigenvalue weighted by Gasteiger charge is 2.28. The Labute approximate surface area is 147 Å². The highest BCUT2D eigenvalue weighted by Crippen LogP contribution is 2.24. The molecule has 0 aliphatic carbocycles. The molecule has 2 N–H and O–H groups in total. The molecule has 1 amide bonds. The second-order valence-corrected chi connectivity index (χ2v) is 6.56. The molecule has 2 aromatic rings. The number of phenols is 1. The molecule has 25 heavy (non-hydrogen) atoms. The Balaban J connectivity index is 1.70. The normalized spacial score (nSPS) is 17.5. The lowest BCUT2D eigenvalue weighted by molar-refractivity contribution is 0.0595. The van der Waals surface area contributed by atoms with Gasteiger partial charge in [-0.25, -0.2) is 0 Å². The maximum absolute atomic E-state index is 12.9. The van der Waals surface area contributed by atoms with Gasteiger partial charge in [-0.15, -0.1) is 0 Å². The zero-order chi connectivity index (χ0) is 17.6. The van der Waals surface area contributed by atoms with Gasteiger partial charge in [-0.3, -0.25) is 9.78 Å². The minimum Gasteiger partial charge on any atom is -0.508 e.